The minimum atomic E-state index is -0.0885. The van der Waals surface area contributed by atoms with Crippen molar-refractivity contribution >= 4 is 11.1 Å². The minimum absolute atomic E-state index is 0.0885. The van der Waals surface area contributed by atoms with Crippen molar-refractivity contribution in [3.05, 3.63) is 29.7 Å². The maximum absolute atomic E-state index is 6.35. The van der Waals surface area contributed by atoms with E-state index < -0.39 is 0 Å². The van der Waals surface area contributed by atoms with Crippen molar-refractivity contribution in [3.8, 4) is 0 Å². The van der Waals surface area contributed by atoms with Crippen LogP contribution in [0.2, 0.25) is 0 Å². The molecule has 0 unspecified atom stereocenters. The van der Waals surface area contributed by atoms with E-state index in [1.807, 2.05) is 12.1 Å². The van der Waals surface area contributed by atoms with Gasteiger partial charge in [-0.15, -0.1) is 0 Å². The Hall–Kier alpha value is -1.35. The smallest absolute Gasteiger partial charge is 0.197 e. The van der Waals surface area contributed by atoms with Crippen molar-refractivity contribution in [1.82, 2.24) is 4.98 Å². The molecule has 90 valence electrons. The number of nitrogens with zero attached hydrogens (tertiary/aromatic N) is 1. The summed E-state index contributed by atoms with van der Waals surface area (Å²) in [6.45, 7) is 2.06. The van der Waals surface area contributed by atoms with Crippen LogP contribution in [-0.4, -0.2) is 10.5 Å². The second-order valence-electron chi connectivity index (χ2n) is 5.28. The summed E-state index contributed by atoms with van der Waals surface area (Å²) in [6.07, 6.45) is 5.40. The van der Waals surface area contributed by atoms with E-state index in [9.17, 15) is 0 Å². The molecule has 3 nitrogen and oxygen atoms in total. The van der Waals surface area contributed by atoms with Crippen molar-refractivity contribution in [3.63, 3.8) is 0 Å². The molecule has 3 rings (SSSR count). The van der Waals surface area contributed by atoms with Crippen LogP contribution in [-0.2, 0) is 6.42 Å². The number of nitrogens with two attached hydrogens (primary N) is 1. The molecule has 1 aromatic heterocycles. The Kier molecular flexibility index (Phi) is 2.44. The lowest BCUT2D eigenvalue weighted by atomic mass is 9.95. The van der Waals surface area contributed by atoms with Crippen LogP contribution >= 0.6 is 0 Å². The van der Waals surface area contributed by atoms with Gasteiger partial charge in [0.2, 0.25) is 0 Å². The molecule has 1 aliphatic carbocycles. The molecule has 2 N–H and O–H groups in total. The summed E-state index contributed by atoms with van der Waals surface area (Å²) in [5.74, 6) is 0.790. The number of aryl methyl sites for hydroxylation is 1. The Bertz CT molecular complexity index is 538. The highest BCUT2D eigenvalue weighted by molar-refractivity contribution is 5.76. The lowest BCUT2D eigenvalue weighted by molar-refractivity contribution is 0.385. The number of para-hydroxylation sites is 1. The normalized spacial score (nSPS) is 18.9. The summed E-state index contributed by atoms with van der Waals surface area (Å²) in [6, 6.07) is 6.03. The zero-order chi connectivity index (χ0) is 11.9. The van der Waals surface area contributed by atoms with Gasteiger partial charge in [0.25, 0.3) is 0 Å². The molecule has 0 saturated heterocycles. The zero-order valence-electron chi connectivity index (χ0n) is 10.2. The van der Waals surface area contributed by atoms with Crippen LogP contribution in [0, 0.1) is 6.92 Å². The van der Waals surface area contributed by atoms with E-state index in [1.54, 1.807) is 0 Å². The summed E-state index contributed by atoms with van der Waals surface area (Å²) in [7, 11) is 0. The van der Waals surface area contributed by atoms with Gasteiger partial charge in [0.05, 0.1) is 0 Å². The molecule has 0 bridgehead atoms. The Morgan fingerprint density at radius 2 is 2.12 bits per heavy atom. The molecular formula is C14H18N2O. The molecule has 0 aliphatic heterocycles. The summed E-state index contributed by atoms with van der Waals surface area (Å²) in [5.41, 5.74) is 9.28. The highest BCUT2D eigenvalue weighted by Gasteiger charge is 2.31. The van der Waals surface area contributed by atoms with Gasteiger partial charge in [0.15, 0.2) is 11.5 Å². The van der Waals surface area contributed by atoms with Gasteiger partial charge in [-0.25, -0.2) is 4.98 Å². The first-order chi connectivity index (χ1) is 8.16. The number of aromatic nitrogens is 1. The zero-order valence-corrected chi connectivity index (χ0v) is 10.2. The highest BCUT2D eigenvalue weighted by atomic mass is 16.3. The van der Waals surface area contributed by atoms with Crippen LogP contribution in [0.4, 0.5) is 0 Å². The SMILES string of the molecule is Cc1cccc2oc(CC3(N)CCCC3)nc12. The van der Waals surface area contributed by atoms with Gasteiger partial charge in [-0.3, -0.25) is 0 Å². The minimum Gasteiger partial charge on any atom is -0.441 e. The highest BCUT2D eigenvalue weighted by Crippen LogP contribution is 2.31. The molecule has 1 aliphatic rings. The molecule has 1 heterocycles. The van der Waals surface area contributed by atoms with E-state index in [4.69, 9.17) is 10.2 Å². The van der Waals surface area contributed by atoms with Crippen LogP contribution < -0.4 is 5.73 Å². The van der Waals surface area contributed by atoms with Crippen LogP contribution in [0.1, 0.15) is 37.1 Å². The predicted octanol–water partition coefficient (Wildman–Crippen LogP) is 2.95. The Morgan fingerprint density at radius 3 is 2.82 bits per heavy atom. The quantitative estimate of drug-likeness (QED) is 0.863. The molecule has 1 saturated carbocycles. The fraction of sp³-hybridized carbons (Fsp3) is 0.500. The van der Waals surface area contributed by atoms with Crippen molar-refractivity contribution < 1.29 is 4.42 Å². The Morgan fingerprint density at radius 1 is 1.35 bits per heavy atom. The first-order valence-electron chi connectivity index (χ1n) is 6.30. The fourth-order valence-corrected chi connectivity index (χ4v) is 2.76. The third-order valence-corrected chi connectivity index (χ3v) is 3.77. The second kappa shape index (κ2) is 3.84. The van der Waals surface area contributed by atoms with Gasteiger partial charge >= 0.3 is 0 Å². The summed E-state index contributed by atoms with van der Waals surface area (Å²) >= 11 is 0. The van der Waals surface area contributed by atoms with E-state index in [-0.39, 0.29) is 5.54 Å². The van der Waals surface area contributed by atoms with E-state index in [0.717, 1.165) is 41.8 Å². The van der Waals surface area contributed by atoms with E-state index in [1.165, 1.54) is 12.8 Å². The van der Waals surface area contributed by atoms with Crippen molar-refractivity contribution in [2.45, 2.75) is 44.6 Å². The maximum atomic E-state index is 6.35. The van der Waals surface area contributed by atoms with Crippen LogP contribution in [0.5, 0.6) is 0 Å². The van der Waals surface area contributed by atoms with Gasteiger partial charge in [-0.2, -0.15) is 0 Å². The molecule has 0 spiro atoms. The number of hydrogen-bond donors (Lipinski definition) is 1. The molecule has 17 heavy (non-hydrogen) atoms. The topological polar surface area (TPSA) is 52.0 Å². The van der Waals surface area contributed by atoms with Crippen LogP contribution in [0.3, 0.4) is 0 Å². The van der Waals surface area contributed by atoms with Gasteiger partial charge < -0.3 is 10.2 Å². The number of hydrogen-bond acceptors (Lipinski definition) is 3. The Labute approximate surface area is 101 Å². The molecule has 0 radical (unpaired) electrons. The maximum Gasteiger partial charge on any atom is 0.197 e. The van der Waals surface area contributed by atoms with Gasteiger partial charge in [-0.1, -0.05) is 25.0 Å². The number of rotatable bonds is 2. The predicted molar refractivity (Wildman–Crippen MR) is 67.8 cm³/mol. The first kappa shape index (κ1) is 10.8. The molecule has 0 atom stereocenters. The molecule has 0 amide bonds. The lowest BCUT2D eigenvalue weighted by Crippen LogP contribution is -2.38. The molecule has 1 aromatic carbocycles. The summed E-state index contributed by atoms with van der Waals surface area (Å²) in [5, 5.41) is 0. The van der Waals surface area contributed by atoms with E-state index in [0.29, 0.717) is 0 Å². The second-order valence-corrected chi connectivity index (χ2v) is 5.28. The number of fused-ring (bicyclic) bond motifs is 1. The van der Waals surface area contributed by atoms with Crippen LogP contribution in [0.15, 0.2) is 22.6 Å². The number of oxazole rings is 1. The van der Waals surface area contributed by atoms with Crippen molar-refractivity contribution in [2.24, 2.45) is 5.73 Å². The monoisotopic (exact) mass is 230 g/mol. The van der Waals surface area contributed by atoms with Crippen LogP contribution in [0.25, 0.3) is 11.1 Å². The fourth-order valence-electron chi connectivity index (χ4n) is 2.76. The number of benzene rings is 1. The molecule has 1 fully saturated rings. The van der Waals surface area contributed by atoms with Gasteiger partial charge in [-0.05, 0) is 31.4 Å². The van der Waals surface area contributed by atoms with Crippen molar-refractivity contribution in [1.29, 1.82) is 0 Å². The van der Waals surface area contributed by atoms with E-state index in [2.05, 4.69) is 18.0 Å². The first-order valence-corrected chi connectivity index (χ1v) is 6.30. The molecule has 3 heteroatoms. The standard InChI is InChI=1S/C14H18N2O/c1-10-5-4-6-11-13(10)16-12(17-11)9-14(15)7-2-3-8-14/h4-6H,2-3,7-9,15H2,1H3. The average Bonchev–Trinajstić information content (AvgIpc) is 2.86. The van der Waals surface area contributed by atoms with Gasteiger partial charge in [0.1, 0.15) is 5.52 Å². The van der Waals surface area contributed by atoms with E-state index >= 15 is 0 Å². The van der Waals surface area contributed by atoms with Gasteiger partial charge in [0, 0.05) is 12.0 Å². The largest absolute Gasteiger partial charge is 0.441 e. The third kappa shape index (κ3) is 1.95. The molecular weight excluding hydrogens is 212 g/mol. The van der Waals surface area contributed by atoms with Crippen molar-refractivity contribution in [2.75, 3.05) is 0 Å². The average molecular weight is 230 g/mol. The summed E-state index contributed by atoms with van der Waals surface area (Å²) in [4.78, 5) is 4.57. The third-order valence-electron chi connectivity index (χ3n) is 3.77. The Balaban J connectivity index is 1.93. The molecule has 2 aromatic rings. The summed E-state index contributed by atoms with van der Waals surface area (Å²) < 4.78 is 5.78. The lowest BCUT2D eigenvalue weighted by Gasteiger charge is -2.20.